The standard InChI is InChI=1S/C74H76N2S2Si2/c1-9-13-37-79(38-14-10-2)69-31-23-19-27-59(69)75(63-45-67-57(43-71(63)79)49-25-17-21-29-65(49)77-67)61-41-55(47(5)6)51-34-36-54-62(42-56(48(7)8)52-33-35-53(61)73(51)74(52)54)76-60-28-20-24-32-70(60)80(39-15-11-3,40-16-12-4)72-44-58-50-26-18-22-30-66(50)78-68(58)46-64(72)76/h17-36,41-48H,9-16,37-40H2,1-8H3. The van der Waals surface area contributed by atoms with Crippen molar-refractivity contribution in [1.29, 1.82) is 0 Å². The number of hydrogen-bond acceptors (Lipinski definition) is 4. The minimum atomic E-state index is -2.28. The molecule has 0 unspecified atom stereocenters. The van der Waals surface area contributed by atoms with Gasteiger partial charge in [-0.1, -0.05) is 216 Å². The van der Waals surface area contributed by atoms with E-state index in [4.69, 9.17) is 0 Å². The minimum Gasteiger partial charge on any atom is -0.310 e. The van der Waals surface area contributed by atoms with E-state index in [0.717, 1.165) is 0 Å². The van der Waals surface area contributed by atoms with E-state index in [1.807, 2.05) is 22.7 Å². The Morgan fingerprint density at radius 1 is 0.325 bits per heavy atom. The van der Waals surface area contributed by atoms with Crippen molar-refractivity contribution < 1.29 is 0 Å². The first-order valence-corrected chi connectivity index (χ1v) is 37.1. The van der Waals surface area contributed by atoms with Gasteiger partial charge in [0.1, 0.15) is 16.1 Å². The van der Waals surface area contributed by atoms with E-state index >= 15 is 0 Å². The Balaban J connectivity index is 1.09. The fourth-order valence-electron chi connectivity index (χ4n) is 15.4. The maximum absolute atomic E-state index is 2.78. The number of thiophene rings is 2. The van der Waals surface area contributed by atoms with Crippen LogP contribution in [0.2, 0.25) is 24.2 Å². The molecule has 0 atom stereocenters. The quantitative estimate of drug-likeness (QED) is 0.0703. The molecule has 0 N–H and O–H groups in total. The molecular weight excluding hydrogens is 1040 g/mol. The summed E-state index contributed by atoms with van der Waals surface area (Å²) < 4.78 is 5.55. The highest BCUT2D eigenvalue weighted by molar-refractivity contribution is 7.26. The summed E-state index contributed by atoms with van der Waals surface area (Å²) in [6, 6.07) is 69.1. The number of benzene rings is 10. The molecule has 0 fully saturated rings. The van der Waals surface area contributed by atoms with Gasteiger partial charge >= 0.3 is 0 Å². The predicted octanol–water partition coefficient (Wildman–Crippen LogP) is 21.5. The molecule has 0 saturated heterocycles. The van der Waals surface area contributed by atoms with Crippen LogP contribution in [-0.4, -0.2) is 16.1 Å². The van der Waals surface area contributed by atoms with Gasteiger partial charge in [0.05, 0.1) is 11.4 Å². The molecular formula is C74H76N2S2Si2. The fraction of sp³-hybridized carbons (Fsp3) is 0.297. The topological polar surface area (TPSA) is 6.48 Å². The zero-order chi connectivity index (χ0) is 54.6. The van der Waals surface area contributed by atoms with Gasteiger partial charge in [0.15, 0.2) is 0 Å². The average Bonchev–Trinajstić information content (AvgIpc) is 4.18. The second-order valence-electron chi connectivity index (χ2n) is 24.6. The van der Waals surface area contributed by atoms with Gasteiger partial charge in [-0.3, -0.25) is 0 Å². The molecule has 10 aromatic carbocycles. The third kappa shape index (κ3) is 7.71. The lowest BCUT2D eigenvalue weighted by molar-refractivity contribution is 0.837. The van der Waals surface area contributed by atoms with Crippen LogP contribution in [0, 0.1) is 0 Å². The summed E-state index contributed by atoms with van der Waals surface area (Å²) >= 11 is 3.94. The zero-order valence-electron chi connectivity index (χ0n) is 48.4. The van der Waals surface area contributed by atoms with Crippen LogP contribution in [0.15, 0.2) is 158 Å². The summed E-state index contributed by atoms with van der Waals surface area (Å²) in [5, 5.41) is 20.5. The molecule has 2 aliphatic heterocycles. The van der Waals surface area contributed by atoms with E-state index in [2.05, 4.69) is 223 Å². The van der Waals surface area contributed by atoms with Crippen LogP contribution in [0.5, 0.6) is 0 Å². The maximum atomic E-state index is 2.78. The van der Waals surface area contributed by atoms with Gasteiger partial charge in [-0.25, -0.2) is 0 Å². The Kier molecular flexibility index (Phi) is 13.2. The Morgan fingerprint density at radius 2 is 0.688 bits per heavy atom. The van der Waals surface area contributed by atoms with E-state index < -0.39 is 16.1 Å². The predicted molar refractivity (Wildman–Crippen MR) is 362 cm³/mol. The highest BCUT2D eigenvalue weighted by atomic mass is 32.1. The Morgan fingerprint density at radius 3 is 1.07 bits per heavy atom. The third-order valence-corrected chi connectivity index (χ3v) is 32.2. The van der Waals surface area contributed by atoms with Crippen molar-refractivity contribution in [3.63, 3.8) is 0 Å². The molecule has 0 spiro atoms. The summed E-state index contributed by atoms with van der Waals surface area (Å²) in [5.74, 6) is 0.617. The fourth-order valence-corrected chi connectivity index (χ4v) is 29.1. The summed E-state index contributed by atoms with van der Waals surface area (Å²) in [6.07, 6.45) is 9.86. The second-order valence-corrected chi connectivity index (χ2v) is 35.2. The van der Waals surface area contributed by atoms with Crippen LogP contribution in [0.4, 0.5) is 34.1 Å². The third-order valence-electron chi connectivity index (χ3n) is 19.3. The van der Waals surface area contributed by atoms with Gasteiger partial charge < -0.3 is 9.80 Å². The van der Waals surface area contributed by atoms with E-state index in [9.17, 15) is 0 Å². The molecule has 2 aliphatic rings. The molecule has 12 aromatic rings. The zero-order valence-corrected chi connectivity index (χ0v) is 52.0. The number of fused-ring (bicyclic) bond motifs is 10. The van der Waals surface area contributed by atoms with Gasteiger partial charge in [0.25, 0.3) is 0 Å². The molecule has 14 rings (SSSR count). The normalized spacial score (nSPS) is 14.7. The van der Waals surface area contributed by atoms with Crippen LogP contribution in [-0.2, 0) is 0 Å². The maximum Gasteiger partial charge on any atom is 0.123 e. The summed E-state index contributed by atoms with van der Waals surface area (Å²) in [5.41, 5.74) is 11.1. The van der Waals surface area contributed by atoms with Gasteiger partial charge in [-0.15, -0.1) is 22.7 Å². The minimum absolute atomic E-state index is 0.309. The molecule has 0 aliphatic carbocycles. The molecule has 2 aromatic heterocycles. The highest BCUT2D eigenvalue weighted by Gasteiger charge is 2.47. The first-order chi connectivity index (χ1) is 39.1. The monoisotopic (exact) mass is 1110 g/mol. The number of rotatable bonds is 16. The lowest BCUT2D eigenvalue weighted by Crippen LogP contribution is -2.62. The molecule has 0 amide bonds. The first kappa shape index (κ1) is 51.8. The van der Waals surface area contributed by atoms with E-state index in [-0.39, 0.29) is 0 Å². The van der Waals surface area contributed by atoms with Crippen LogP contribution >= 0.6 is 22.7 Å². The number of nitrogens with zero attached hydrogens (tertiary/aromatic N) is 2. The molecule has 0 radical (unpaired) electrons. The van der Waals surface area contributed by atoms with Crippen molar-refractivity contribution in [1.82, 2.24) is 0 Å². The summed E-state index contributed by atoms with van der Waals surface area (Å²) in [6.45, 7) is 19.3. The van der Waals surface area contributed by atoms with Crippen LogP contribution in [0.3, 0.4) is 0 Å². The lowest BCUT2D eigenvalue weighted by atomic mass is 9.84. The van der Waals surface area contributed by atoms with Crippen molar-refractivity contribution in [2.75, 3.05) is 9.80 Å². The molecule has 4 heterocycles. The first-order valence-electron chi connectivity index (χ1n) is 30.6. The molecule has 6 heteroatoms. The number of unbranched alkanes of at least 4 members (excludes halogenated alkanes) is 4. The average molecular weight is 1110 g/mol. The van der Waals surface area contributed by atoms with E-state index in [1.54, 1.807) is 20.7 Å². The van der Waals surface area contributed by atoms with Gasteiger partial charge in [-0.2, -0.15) is 0 Å². The Hall–Kier alpha value is -6.29. The second kappa shape index (κ2) is 20.3. The lowest BCUT2D eigenvalue weighted by Gasteiger charge is -2.45. The molecule has 0 saturated carbocycles. The molecule has 2 nitrogen and oxygen atoms in total. The Labute approximate surface area is 484 Å². The van der Waals surface area contributed by atoms with E-state index in [0.29, 0.717) is 11.8 Å². The van der Waals surface area contributed by atoms with Crippen molar-refractivity contribution in [2.24, 2.45) is 0 Å². The largest absolute Gasteiger partial charge is 0.310 e. The number of para-hydroxylation sites is 2. The number of hydrogen-bond donors (Lipinski definition) is 0. The van der Waals surface area contributed by atoms with Crippen molar-refractivity contribution >= 4 is 166 Å². The van der Waals surface area contributed by atoms with Gasteiger partial charge in [0.2, 0.25) is 0 Å². The van der Waals surface area contributed by atoms with Crippen LogP contribution < -0.4 is 30.5 Å². The van der Waals surface area contributed by atoms with Crippen LogP contribution in [0.1, 0.15) is 130 Å². The highest BCUT2D eigenvalue weighted by Crippen LogP contribution is 2.54. The van der Waals surface area contributed by atoms with Crippen molar-refractivity contribution in [3.05, 3.63) is 169 Å². The molecule has 0 bridgehead atoms. The smallest absolute Gasteiger partial charge is 0.123 e. The van der Waals surface area contributed by atoms with Crippen LogP contribution in [0.25, 0.3) is 72.7 Å². The molecule has 80 heavy (non-hydrogen) atoms. The van der Waals surface area contributed by atoms with Gasteiger partial charge in [0, 0.05) is 73.9 Å². The molecule has 402 valence electrons. The summed E-state index contributed by atoms with van der Waals surface area (Å²) in [7, 11) is -4.56. The van der Waals surface area contributed by atoms with E-state index in [1.165, 1.54) is 193 Å². The summed E-state index contributed by atoms with van der Waals surface area (Å²) in [4.78, 5) is 5.56. The SMILES string of the molecule is CCCC[Si]1(CCCC)c2ccccc2N(c2cc(C(C)C)c3ccc4c(N5c6ccccc6[Si](CCCC)(CCCC)c6cc7c(cc65)sc5ccccc57)cc(C(C)C)c5ccc2c3c54)c2cc3sc4ccccc4c3cc21. The van der Waals surface area contributed by atoms with Gasteiger partial charge in [-0.05, 0) is 138 Å². The number of anilines is 6. The van der Waals surface area contributed by atoms with Crippen molar-refractivity contribution in [2.45, 2.75) is 143 Å². The Bertz CT molecular complexity index is 4070. The van der Waals surface area contributed by atoms with Crippen molar-refractivity contribution in [3.8, 4) is 0 Å².